The summed E-state index contributed by atoms with van der Waals surface area (Å²) in [6.07, 6.45) is 89.2. The molecule has 582 valence electrons. The monoisotopic (exact) mass is 1440 g/mol. The first-order valence-electron chi connectivity index (χ1n) is 42.4. The number of hydrogen-bond acceptors (Lipinski definition) is 12. The SMILES string of the molecule is CCCCC/C=C\C/C=C\CCCCCC[C@@H](O)CN(CCCCC(=O)OCCN1CCN(CCSSCCCN(C[C@@H](O)CCCCCC/C=C\C/C=C\CCCCC)C[C@@H](O)CCCCCC/C=C\C/C=C\CCCCC)CC1)C[C@H](O)CCCCCC/C=C\C/C=C\CCCCC. The Morgan fingerprint density at radius 2 is 0.620 bits per heavy atom. The van der Waals surface area contributed by atoms with Gasteiger partial charge in [-0.15, -0.1) is 0 Å². The van der Waals surface area contributed by atoms with E-state index in [1.807, 2.05) is 21.6 Å². The molecule has 1 rings (SSSR count). The zero-order valence-electron chi connectivity index (χ0n) is 65.8. The molecule has 4 atom stereocenters. The predicted octanol–water partition coefficient (Wildman–Crippen LogP) is 22.8. The Morgan fingerprint density at radius 3 is 0.940 bits per heavy atom. The number of nitrogens with zero attached hydrogens (tertiary/aromatic N) is 4. The maximum atomic E-state index is 12.9. The Kier molecular flexibility index (Phi) is 74.6. The molecule has 1 saturated heterocycles. The number of aliphatic hydroxyl groups excluding tert-OH is 4. The fourth-order valence-electron chi connectivity index (χ4n) is 13.0. The zero-order valence-corrected chi connectivity index (χ0v) is 67.4. The fraction of sp³-hybridized carbons (Fsp3) is 0.807. The first kappa shape index (κ1) is 95.8. The summed E-state index contributed by atoms with van der Waals surface area (Å²) < 4.78 is 5.76. The van der Waals surface area contributed by atoms with Crippen LogP contribution in [-0.2, 0) is 9.53 Å². The van der Waals surface area contributed by atoms with E-state index in [0.717, 1.165) is 212 Å². The highest BCUT2D eigenvalue weighted by Gasteiger charge is 2.20. The summed E-state index contributed by atoms with van der Waals surface area (Å²) in [6, 6.07) is 0. The summed E-state index contributed by atoms with van der Waals surface area (Å²) in [6.45, 7) is 19.4. The summed E-state index contributed by atoms with van der Waals surface area (Å²) >= 11 is 0. The second-order valence-electron chi connectivity index (χ2n) is 29.2. The van der Waals surface area contributed by atoms with Gasteiger partial charge in [0.25, 0.3) is 0 Å². The van der Waals surface area contributed by atoms with E-state index in [4.69, 9.17) is 4.74 Å². The minimum absolute atomic E-state index is 0.127. The van der Waals surface area contributed by atoms with Gasteiger partial charge in [-0.3, -0.25) is 24.4 Å². The Morgan fingerprint density at radius 1 is 0.340 bits per heavy atom. The fourth-order valence-corrected chi connectivity index (χ4v) is 15.1. The van der Waals surface area contributed by atoms with Crippen LogP contribution in [0.4, 0.5) is 0 Å². The van der Waals surface area contributed by atoms with Crippen LogP contribution in [0.5, 0.6) is 0 Å². The number of hydrogen-bond donors (Lipinski definition) is 4. The average molecular weight is 1440 g/mol. The third-order valence-corrected chi connectivity index (χ3v) is 21.8. The van der Waals surface area contributed by atoms with E-state index in [2.05, 4.69) is 145 Å². The molecule has 1 fully saturated rings. The van der Waals surface area contributed by atoms with E-state index in [9.17, 15) is 25.2 Å². The van der Waals surface area contributed by atoms with Crippen LogP contribution >= 0.6 is 21.6 Å². The van der Waals surface area contributed by atoms with Crippen LogP contribution in [0, 0.1) is 0 Å². The summed E-state index contributed by atoms with van der Waals surface area (Å²) in [5.74, 6) is 2.03. The van der Waals surface area contributed by atoms with E-state index in [0.29, 0.717) is 39.2 Å². The number of carbonyl (C=O) groups excluding carboxylic acids is 1. The number of allylic oxidation sites excluding steroid dienone is 16. The van der Waals surface area contributed by atoms with Crippen molar-refractivity contribution in [3.8, 4) is 0 Å². The molecule has 0 saturated carbocycles. The standard InChI is InChI=1S/C88H162N4O6S2/c1-5-9-13-17-21-25-29-33-37-41-45-49-53-57-64-84(93)80-91(81-85(94)65-58-54-50-46-42-38-34-30-26-22-18-14-10-6-2)69-62-61-68-88(97)98-77-75-89-71-73-90(74-72-89)76-79-100-99-78-63-70-92(82-86(95)66-59-55-51-47-43-39-35-31-27-23-19-15-11-7-3)83-87(96)67-60-56-52-48-44-40-36-32-28-24-20-16-12-8-4/h21-28,33-40,84-87,93-96H,5-20,29-32,41-83H2,1-4H3/b25-21-,26-22-,27-23-,28-24-,37-33-,38-34-,39-35-,40-36-/t84-,85-,86+,87+/m1/s1. The lowest BCUT2D eigenvalue weighted by Crippen LogP contribution is -2.47. The van der Waals surface area contributed by atoms with Crippen molar-refractivity contribution < 1.29 is 30.0 Å². The van der Waals surface area contributed by atoms with Gasteiger partial charge < -0.3 is 25.2 Å². The van der Waals surface area contributed by atoms with Gasteiger partial charge in [-0.2, -0.15) is 0 Å². The molecule has 0 amide bonds. The maximum Gasteiger partial charge on any atom is 0.305 e. The highest BCUT2D eigenvalue weighted by Crippen LogP contribution is 2.23. The molecule has 0 radical (unpaired) electrons. The highest BCUT2D eigenvalue weighted by atomic mass is 33.1. The summed E-state index contributed by atoms with van der Waals surface area (Å²) in [5, 5.41) is 44.8. The molecule has 0 unspecified atom stereocenters. The lowest BCUT2D eigenvalue weighted by Gasteiger charge is -2.34. The zero-order chi connectivity index (χ0) is 72.2. The van der Waals surface area contributed by atoms with Crippen LogP contribution in [0.25, 0.3) is 0 Å². The Balaban J connectivity index is 2.47. The van der Waals surface area contributed by atoms with E-state index in [1.165, 1.54) is 154 Å². The van der Waals surface area contributed by atoms with Gasteiger partial charge in [0.1, 0.15) is 6.61 Å². The molecule has 0 spiro atoms. The van der Waals surface area contributed by atoms with Crippen LogP contribution in [0.15, 0.2) is 97.2 Å². The van der Waals surface area contributed by atoms with E-state index >= 15 is 0 Å². The number of aliphatic hydroxyl groups is 4. The minimum Gasteiger partial charge on any atom is -0.464 e. The summed E-state index contributed by atoms with van der Waals surface area (Å²) in [7, 11) is 3.93. The number of esters is 1. The lowest BCUT2D eigenvalue weighted by molar-refractivity contribution is -0.144. The molecule has 0 aromatic carbocycles. The van der Waals surface area contributed by atoms with E-state index in [-0.39, 0.29) is 18.2 Å². The van der Waals surface area contributed by atoms with Crippen molar-refractivity contribution >= 4 is 27.6 Å². The Labute approximate surface area is 627 Å². The largest absolute Gasteiger partial charge is 0.464 e. The van der Waals surface area contributed by atoms with Crippen LogP contribution in [-0.4, -0.2) is 167 Å². The van der Waals surface area contributed by atoms with Gasteiger partial charge in [0.2, 0.25) is 0 Å². The first-order chi connectivity index (χ1) is 49.2. The minimum atomic E-state index is -0.416. The van der Waals surface area contributed by atoms with Gasteiger partial charge in [0.15, 0.2) is 0 Å². The Bertz CT molecular complexity index is 1850. The quantitative estimate of drug-likeness (QED) is 0.0201. The van der Waals surface area contributed by atoms with Gasteiger partial charge in [-0.05, 0) is 186 Å². The van der Waals surface area contributed by atoms with E-state index < -0.39 is 12.2 Å². The predicted molar refractivity (Wildman–Crippen MR) is 443 cm³/mol. The molecule has 1 aliphatic heterocycles. The maximum absolute atomic E-state index is 12.9. The molecule has 1 aliphatic rings. The number of rotatable bonds is 76. The summed E-state index contributed by atoms with van der Waals surface area (Å²) in [5.41, 5.74) is 0. The third-order valence-electron chi connectivity index (χ3n) is 19.3. The average Bonchev–Trinajstić information content (AvgIpc) is 1.19. The topological polar surface area (TPSA) is 120 Å². The molecule has 0 aromatic rings. The smallest absolute Gasteiger partial charge is 0.305 e. The van der Waals surface area contributed by atoms with Gasteiger partial charge >= 0.3 is 5.97 Å². The number of unbranched alkanes of at least 4 members (excludes halogenated alkanes) is 29. The van der Waals surface area contributed by atoms with Crippen LogP contribution < -0.4 is 0 Å². The molecule has 10 nitrogen and oxygen atoms in total. The molecular formula is C88H162N4O6S2. The number of piperazine rings is 1. The Hall–Kier alpha value is -2.23. The van der Waals surface area contributed by atoms with E-state index in [1.54, 1.807) is 0 Å². The molecule has 0 aliphatic carbocycles. The first-order valence-corrected chi connectivity index (χ1v) is 44.9. The third kappa shape index (κ3) is 70.1. The van der Waals surface area contributed by atoms with Crippen LogP contribution in [0.1, 0.15) is 336 Å². The molecule has 12 heteroatoms. The van der Waals surface area contributed by atoms with Crippen molar-refractivity contribution in [2.75, 3.05) is 96.6 Å². The second-order valence-corrected chi connectivity index (χ2v) is 31.9. The van der Waals surface area contributed by atoms with Gasteiger partial charge in [-0.25, -0.2) is 0 Å². The van der Waals surface area contributed by atoms with Crippen molar-refractivity contribution in [2.24, 2.45) is 0 Å². The molecule has 1 heterocycles. The highest BCUT2D eigenvalue weighted by molar-refractivity contribution is 8.76. The molecular weight excluding hydrogens is 1270 g/mol. The molecule has 100 heavy (non-hydrogen) atoms. The van der Waals surface area contributed by atoms with Crippen molar-refractivity contribution in [3.05, 3.63) is 97.2 Å². The van der Waals surface area contributed by atoms with Crippen molar-refractivity contribution in [3.63, 3.8) is 0 Å². The van der Waals surface area contributed by atoms with Gasteiger partial charge in [-0.1, -0.05) is 275 Å². The number of carbonyl (C=O) groups is 1. The van der Waals surface area contributed by atoms with Crippen molar-refractivity contribution in [1.82, 2.24) is 19.6 Å². The van der Waals surface area contributed by atoms with Gasteiger partial charge in [0, 0.05) is 83.4 Å². The molecule has 0 aromatic heterocycles. The van der Waals surface area contributed by atoms with Crippen molar-refractivity contribution in [2.45, 2.75) is 360 Å². The molecule has 0 bridgehead atoms. The number of ether oxygens (including phenoxy) is 1. The van der Waals surface area contributed by atoms with Gasteiger partial charge in [0.05, 0.1) is 24.4 Å². The van der Waals surface area contributed by atoms with Crippen LogP contribution in [0.3, 0.4) is 0 Å². The lowest BCUT2D eigenvalue weighted by atomic mass is 10.1. The normalized spacial score (nSPS) is 15.1. The van der Waals surface area contributed by atoms with Crippen molar-refractivity contribution in [1.29, 1.82) is 0 Å². The second kappa shape index (κ2) is 77.9. The summed E-state index contributed by atoms with van der Waals surface area (Å²) in [4.78, 5) is 22.5. The van der Waals surface area contributed by atoms with Crippen LogP contribution in [0.2, 0.25) is 0 Å². The molecule has 4 N–H and O–H groups in total.